The fraction of sp³-hybridized carbons (Fsp3) is 0.417. The molecule has 1 aromatic carbocycles. The Balaban J connectivity index is 2.70. The summed E-state index contributed by atoms with van der Waals surface area (Å²) in [6, 6.07) is 4.17. The fourth-order valence-electron chi connectivity index (χ4n) is 1.27. The van der Waals surface area contributed by atoms with Gasteiger partial charge >= 0.3 is 5.97 Å². The fourth-order valence-corrected chi connectivity index (χ4v) is 2.25. The van der Waals surface area contributed by atoms with Crippen LogP contribution in [0.3, 0.4) is 0 Å². The van der Waals surface area contributed by atoms with E-state index in [-0.39, 0.29) is 28.7 Å². The third-order valence-corrected chi connectivity index (χ3v) is 5.02. The molecule has 0 amide bonds. The van der Waals surface area contributed by atoms with Crippen molar-refractivity contribution in [3.05, 3.63) is 28.8 Å². The molecule has 1 aromatic rings. The summed E-state index contributed by atoms with van der Waals surface area (Å²) in [7, 11) is -3.17. The lowest BCUT2D eigenvalue weighted by molar-refractivity contribution is 0.0696. The number of ether oxygens (including phenoxy) is 1. The van der Waals surface area contributed by atoms with Crippen molar-refractivity contribution in [2.45, 2.75) is 19.1 Å². The van der Waals surface area contributed by atoms with Gasteiger partial charge in [-0.2, -0.15) is 0 Å². The Labute approximate surface area is 117 Å². The topological polar surface area (TPSA) is 80.7 Å². The maximum Gasteiger partial charge on any atom is 0.337 e. The van der Waals surface area contributed by atoms with Crippen molar-refractivity contribution >= 4 is 27.4 Å². The molecular formula is C12H15ClO5S. The molecule has 19 heavy (non-hydrogen) atoms. The number of carboxylic acids is 1. The molecule has 5 nitrogen and oxygen atoms in total. The summed E-state index contributed by atoms with van der Waals surface area (Å²) in [5, 5.41) is 8.53. The van der Waals surface area contributed by atoms with E-state index in [0.717, 1.165) is 0 Å². The molecule has 0 radical (unpaired) electrons. The Morgan fingerprint density at radius 2 is 2.05 bits per heavy atom. The van der Waals surface area contributed by atoms with Crippen molar-refractivity contribution in [2.75, 3.05) is 12.4 Å². The van der Waals surface area contributed by atoms with Crippen molar-refractivity contribution in [1.82, 2.24) is 0 Å². The summed E-state index contributed by atoms with van der Waals surface area (Å²) >= 11 is 5.71. The Bertz CT molecular complexity index is 565. The van der Waals surface area contributed by atoms with E-state index < -0.39 is 21.1 Å². The van der Waals surface area contributed by atoms with E-state index in [1.54, 1.807) is 13.8 Å². The van der Waals surface area contributed by atoms with Crippen molar-refractivity contribution in [1.29, 1.82) is 0 Å². The highest BCUT2D eigenvalue weighted by Gasteiger charge is 2.16. The highest BCUT2D eigenvalue weighted by atomic mass is 35.5. The van der Waals surface area contributed by atoms with Gasteiger partial charge in [-0.05, 0) is 32.0 Å². The molecule has 0 fully saturated rings. The first-order valence-electron chi connectivity index (χ1n) is 5.61. The normalized spacial score (nSPS) is 11.6. The van der Waals surface area contributed by atoms with E-state index in [4.69, 9.17) is 21.4 Å². The van der Waals surface area contributed by atoms with E-state index in [1.807, 2.05) is 0 Å². The molecule has 0 bridgehead atoms. The van der Waals surface area contributed by atoms with E-state index in [2.05, 4.69) is 0 Å². The maximum atomic E-state index is 11.6. The van der Waals surface area contributed by atoms with Crippen LogP contribution in [0.4, 0.5) is 0 Å². The number of hydrogen-bond acceptors (Lipinski definition) is 4. The van der Waals surface area contributed by atoms with Crippen LogP contribution in [0.1, 0.15) is 24.2 Å². The second-order valence-electron chi connectivity index (χ2n) is 4.21. The number of halogens is 1. The van der Waals surface area contributed by atoms with Crippen LogP contribution < -0.4 is 4.74 Å². The molecule has 0 spiro atoms. The number of carboxylic acid groups (broad SMARTS) is 1. The van der Waals surface area contributed by atoms with E-state index in [0.29, 0.717) is 0 Å². The molecule has 0 unspecified atom stereocenters. The predicted octanol–water partition coefficient (Wildman–Crippen LogP) is 2.24. The first kappa shape index (κ1) is 15.8. The summed E-state index contributed by atoms with van der Waals surface area (Å²) in [6.45, 7) is 3.17. The highest BCUT2D eigenvalue weighted by molar-refractivity contribution is 7.91. The summed E-state index contributed by atoms with van der Waals surface area (Å²) < 4.78 is 28.3. The van der Waals surface area contributed by atoms with Gasteiger partial charge in [0.2, 0.25) is 0 Å². The third kappa shape index (κ3) is 4.40. The SMILES string of the molecule is CC(C)S(=O)(=O)CCOc1ccc(Cl)c(C(=O)O)c1. The average molecular weight is 307 g/mol. The Kier molecular flexibility index (Phi) is 5.20. The lowest BCUT2D eigenvalue weighted by Gasteiger charge is -2.10. The molecule has 106 valence electrons. The zero-order valence-electron chi connectivity index (χ0n) is 10.6. The molecule has 1 rings (SSSR count). The molecule has 0 atom stereocenters. The van der Waals surface area contributed by atoms with Crippen LogP contribution >= 0.6 is 11.6 Å². The largest absolute Gasteiger partial charge is 0.493 e. The number of sulfone groups is 1. The average Bonchev–Trinajstić information content (AvgIpc) is 2.30. The van der Waals surface area contributed by atoms with Gasteiger partial charge < -0.3 is 9.84 Å². The number of aromatic carboxylic acids is 1. The third-order valence-electron chi connectivity index (χ3n) is 2.52. The molecular weight excluding hydrogens is 292 g/mol. The number of hydrogen-bond donors (Lipinski definition) is 1. The summed E-state index contributed by atoms with van der Waals surface area (Å²) in [6.07, 6.45) is 0. The molecule has 0 heterocycles. The minimum absolute atomic E-state index is 0.0266. The summed E-state index contributed by atoms with van der Waals surface area (Å²) in [5.74, 6) is -0.999. The molecule has 0 aliphatic rings. The standard InChI is InChI=1S/C12H15ClO5S/c1-8(2)19(16,17)6-5-18-9-3-4-11(13)10(7-9)12(14)15/h3-4,7-8H,5-6H2,1-2H3,(H,14,15). The molecule has 0 saturated heterocycles. The van der Waals surface area contributed by atoms with E-state index >= 15 is 0 Å². The molecule has 0 aliphatic heterocycles. The van der Waals surface area contributed by atoms with Crippen molar-refractivity contribution in [3.8, 4) is 5.75 Å². The molecule has 1 N–H and O–H groups in total. The molecule has 7 heteroatoms. The lowest BCUT2D eigenvalue weighted by atomic mass is 10.2. The zero-order chi connectivity index (χ0) is 14.6. The molecule has 0 aromatic heterocycles. The van der Waals surface area contributed by atoms with Gasteiger partial charge in [0.05, 0.1) is 21.6 Å². The van der Waals surface area contributed by atoms with Gasteiger partial charge in [0.15, 0.2) is 9.84 Å². The van der Waals surface area contributed by atoms with Crippen LogP contribution in [0.15, 0.2) is 18.2 Å². The minimum Gasteiger partial charge on any atom is -0.493 e. The van der Waals surface area contributed by atoms with Crippen LogP contribution in [-0.4, -0.2) is 37.1 Å². The monoisotopic (exact) mass is 306 g/mol. The van der Waals surface area contributed by atoms with Crippen LogP contribution in [0, 0.1) is 0 Å². The minimum atomic E-state index is -3.17. The van der Waals surface area contributed by atoms with Gasteiger partial charge in [0.25, 0.3) is 0 Å². The zero-order valence-corrected chi connectivity index (χ0v) is 12.2. The van der Waals surface area contributed by atoms with E-state index in [1.165, 1.54) is 18.2 Å². The van der Waals surface area contributed by atoms with Crippen molar-refractivity contribution in [2.24, 2.45) is 0 Å². The second kappa shape index (κ2) is 6.25. The van der Waals surface area contributed by atoms with Crippen molar-refractivity contribution in [3.63, 3.8) is 0 Å². The van der Waals surface area contributed by atoms with Gasteiger partial charge in [0, 0.05) is 0 Å². The van der Waals surface area contributed by atoms with Crippen LogP contribution in [0.5, 0.6) is 5.75 Å². The number of rotatable bonds is 6. The first-order valence-corrected chi connectivity index (χ1v) is 7.70. The maximum absolute atomic E-state index is 11.6. The van der Waals surface area contributed by atoms with Crippen LogP contribution in [-0.2, 0) is 9.84 Å². The van der Waals surface area contributed by atoms with Crippen LogP contribution in [0.2, 0.25) is 5.02 Å². The number of benzene rings is 1. The number of carbonyl (C=O) groups is 1. The smallest absolute Gasteiger partial charge is 0.337 e. The van der Waals surface area contributed by atoms with Gasteiger partial charge in [-0.15, -0.1) is 0 Å². The van der Waals surface area contributed by atoms with Crippen molar-refractivity contribution < 1.29 is 23.1 Å². The lowest BCUT2D eigenvalue weighted by Crippen LogP contribution is -2.22. The second-order valence-corrected chi connectivity index (χ2v) is 7.29. The van der Waals surface area contributed by atoms with Gasteiger partial charge in [-0.1, -0.05) is 11.6 Å². The quantitative estimate of drug-likeness (QED) is 0.871. The highest BCUT2D eigenvalue weighted by Crippen LogP contribution is 2.22. The molecule has 0 aliphatic carbocycles. The van der Waals surface area contributed by atoms with Gasteiger partial charge in [-0.25, -0.2) is 13.2 Å². The first-order chi connectivity index (χ1) is 8.74. The predicted molar refractivity (Wildman–Crippen MR) is 72.8 cm³/mol. The van der Waals surface area contributed by atoms with Gasteiger partial charge in [-0.3, -0.25) is 0 Å². The van der Waals surface area contributed by atoms with Gasteiger partial charge in [0.1, 0.15) is 12.4 Å². The Hall–Kier alpha value is -1.27. The Morgan fingerprint density at radius 1 is 1.42 bits per heavy atom. The molecule has 0 saturated carbocycles. The van der Waals surface area contributed by atoms with E-state index in [9.17, 15) is 13.2 Å². The summed E-state index contributed by atoms with van der Waals surface area (Å²) in [5.41, 5.74) is -0.0779. The summed E-state index contributed by atoms with van der Waals surface area (Å²) in [4.78, 5) is 10.9. The van der Waals surface area contributed by atoms with Crippen LogP contribution in [0.25, 0.3) is 0 Å². The Morgan fingerprint density at radius 3 is 2.58 bits per heavy atom.